The molecule has 1 aromatic rings. The molecule has 39 heavy (non-hydrogen) atoms. The van der Waals surface area contributed by atoms with Gasteiger partial charge in [-0.25, -0.2) is 14.4 Å². The first-order valence-electron chi connectivity index (χ1n) is 11.4. The second kappa shape index (κ2) is 12.2. The number of nitrogens with two attached hydrogens (primary N) is 1. The third kappa shape index (κ3) is 6.51. The summed E-state index contributed by atoms with van der Waals surface area (Å²) in [5.41, 5.74) is 3.57. The highest BCUT2D eigenvalue weighted by Gasteiger charge is 2.55. The minimum Gasteiger partial charge on any atom is -0.462 e. The van der Waals surface area contributed by atoms with E-state index in [1.807, 2.05) is 0 Å². The number of hydrogen-bond donors (Lipinski definition) is 2. The summed E-state index contributed by atoms with van der Waals surface area (Å²) in [5, 5.41) is 5.52. The van der Waals surface area contributed by atoms with E-state index in [9.17, 15) is 24.0 Å². The van der Waals surface area contributed by atoms with Crippen LogP contribution in [0.3, 0.4) is 0 Å². The molecule has 3 rings (SSSR count). The molecule has 2 aliphatic rings. The van der Waals surface area contributed by atoms with E-state index in [1.165, 1.54) is 59.1 Å². The number of ether oxygens (including phenoxy) is 4. The Hall–Kier alpha value is -4.05. The van der Waals surface area contributed by atoms with E-state index in [1.54, 1.807) is 6.07 Å². The average Bonchev–Trinajstić information content (AvgIpc) is 3.42. The summed E-state index contributed by atoms with van der Waals surface area (Å²) in [5.74, 6) is -2.96. The molecule has 3 N–H and O–H groups in total. The molecule has 0 aromatic carbocycles. The fourth-order valence-corrected chi connectivity index (χ4v) is 4.79. The van der Waals surface area contributed by atoms with E-state index in [-0.39, 0.29) is 28.5 Å². The van der Waals surface area contributed by atoms with Crippen LogP contribution in [0.5, 0.6) is 0 Å². The van der Waals surface area contributed by atoms with Crippen molar-refractivity contribution in [3.05, 3.63) is 35.4 Å². The number of rotatable bonds is 11. The Labute approximate surface area is 226 Å². The lowest BCUT2D eigenvalue weighted by atomic mass is 10.0. The molecule has 3 heterocycles. The fraction of sp³-hybridized carbons (Fsp3) is 0.478. The summed E-state index contributed by atoms with van der Waals surface area (Å²) >= 11 is 1.20. The van der Waals surface area contributed by atoms with Gasteiger partial charge < -0.3 is 39.3 Å². The van der Waals surface area contributed by atoms with Crippen LogP contribution < -0.4 is 11.1 Å². The van der Waals surface area contributed by atoms with Gasteiger partial charge in [-0.3, -0.25) is 14.5 Å². The molecule has 212 valence electrons. The van der Waals surface area contributed by atoms with Gasteiger partial charge in [0, 0.05) is 25.4 Å². The van der Waals surface area contributed by atoms with Crippen LogP contribution in [0.25, 0.3) is 0 Å². The number of fused-ring (bicyclic) bond motifs is 1. The van der Waals surface area contributed by atoms with Crippen LogP contribution in [0.1, 0.15) is 26.5 Å². The molecule has 0 saturated carbocycles. The Morgan fingerprint density at radius 2 is 2.00 bits per heavy atom. The van der Waals surface area contributed by atoms with Gasteiger partial charge in [0.15, 0.2) is 11.4 Å². The predicted octanol–water partition coefficient (Wildman–Crippen LogP) is 0.237. The average molecular weight is 569 g/mol. The van der Waals surface area contributed by atoms with Gasteiger partial charge in [-0.2, -0.15) is 0 Å². The molecule has 0 spiro atoms. The quantitative estimate of drug-likeness (QED) is 0.121. The number of esters is 2. The molecular formula is C23H28N4O11S. The standard InChI is InChI=1S/C23H28N4O11S/c1-11(38-21(31)23(2,3)33-4)37-20(30)16-12(9-36-22(24)32)10-39-19-15(18(29)27(16)19)25-17(28)14(26-34-5)13-7-6-8-35-13/h6-8,11,15,19H,9-10H2,1-5H3,(H2,24,32)(H,25,28)/b26-14+. The van der Waals surface area contributed by atoms with Gasteiger partial charge in [-0.15, -0.1) is 11.8 Å². The number of furan rings is 1. The maximum atomic E-state index is 13.2. The van der Waals surface area contributed by atoms with E-state index < -0.39 is 59.8 Å². The van der Waals surface area contributed by atoms with Gasteiger partial charge in [0.1, 0.15) is 30.8 Å². The summed E-state index contributed by atoms with van der Waals surface area (Å²) in [7, 11) is 2.56. The molecule has 0 bridgehead atoms. The highest BCUT2D eigenvalue weighted by atomic mass is 32.2. The molecule has 1 fully saturated rings. The maximum absolute atomic E-state index is 13.2. The van der Waals surface area contributed by atoms with Crippen molar-refractivity contribution in [2.45, 2.75) is 44.1 Å². The van der Waals surface area contributed by atoms with Crippen molar-refractivity contribution in [2.24, 2.45) is 10.9 Å². The zero-order chi connectivity index (χ0) is 28.9. The number of carbonyl (C=O) groups excluding carboxylic acids is 5. The largest absolute Gasteiger partial charge is 0.462 e. The first-order chi connectivity index (χ1) is 18.4. The Bertz CT molecular complexity index is 1190. The summed E-state index contributed by atoms with van der Waals surface area (Å²) < 4.78 is 25.5. The Kier molecular flexibility index (Phi) is 9.24. The second-order valence-corrected chi connectivity index (χ2v) is 9.72. The first-order valence-corrected chi connectivity index (χ1v) is 12.5. The lowest BCUT2D eigenvalue weighted by Crippen LogP contribution is -2.71. The third-order valence-electron chi connectivity index (χ3n) is 5.62. The molecule has 2 aliphatic heterocycles. The molecule has 1 aromatic heterocycles. The lowest BCUT2D eigenvalue weighted by Gasteiger charge is -2.49. The first kappa shape index (κ1) is 29.5. The van der Waals surface area contributed by atoms with E-state index in [0.29, 0.717) is 0 Å². The number of thioether (sulfide) groups is 1. The topological polar surface area (TPSA) is 198 Å². The highest BCUT2D eigenvalue weighted by Crippen LogP contribution is 2.41. The molecule has 3 amide bonds. The van der Waals surface area contributed by atoms with Gasteiger partial charge in [-0.1, -0.05) is 5.16 Å². The number of primary amides is 1. The molecule has 15 nitrogen and oxygen atoms in total. The fourth-order valence-electron chi connectivity index (χ4n) is 3.46. The van der Waals surface area contributed by atoms with Gasteiger partial charge in [0.05, 0.1) is 6.26 Å². The normalized spacial score (nSPS) is 19.9. The number of amides is 3. The van der Waals surface area contributed by atoms with Crippen molar-refractivity contribution >= 4 is 47.3 Å². The van der Waals surface area contributed by atoms with Gasteiger partial charge in [0.25, 0.3) is 11.8 Å². The van der Waals surface area contributed by atoms with Crippen molar-refractivity contribution in [3.8, 4) is 0 Å². The van der Waals surface area contributed by atoms with Crippen molar-refractivity contribution < 1.29 is 52.2 Å². The number of β-lactam (4-membered cyclic amide) rings is 1. The number of hydrogen-bond acceptors (Lipinski definition) is 13. The molecule has 3 unspecified atom stereocenters. The number of methoxy groups -OCH3 is 1. The summed E-state index contributed by atoms with van der Waals surface area (Å²) in [4.78, 5) is 68.5. The van der Waals surface area contributed by atoms with Crippen LogP contribution >= 0.6 is 11.8 Å². The van der Waals surface area contributed by atoms with Crippen LogP contribution in [0.2, 0.25) is 0 Å². The Morgan fingerprint density at radius 3 is 2.59 bits per heavy atom. The van der Waals surface area contributed by atoms with Gasteiger partial charge >= 0.3 is 18.0 Å². The van der Waals surface area contributed by atoms with E-state index in [4.69, 9.17) is 33.9 Å². The molecule has 16 heteroatoms. The van der Waals surface area contributed by atoms with Gasteiger partial charge in [-0.05, 0) is 26.0 Å². The number of carbonyl (C=O) groups is 5. The Morgan fingerprint density at radius 1 is 1.28 bits per heavy atom. The smallest absolute Gasteiger partial charge is 0.404 e. The van der Waals surface area contributed by atoms with Crippen molar-refractivity contribution in [1.82, 2.24) is 10.2 Å². The Balaban J connectivity index is 1.79. The monoisotopic (exact) mass is 568 g/mol. The van der Waals surface area contributed by atoms with Crippen LogP contribution in [-0.2, 0) is 43.0 Å². The maximum Gasteiger partial charge on any atom is 0.404 e. The van der Waals surface area contributed by atoms with E-state index >= 15 is 0 Å². The second-order valence-electron chi connectivity index (χ2n) is 8.61. The van der Waals surface area contributed by atoms with Crippen molar-refractivity contribution in [2.75, 3.05) is 26.6 Å². The number of nitrogens with zero attached hydrogens (tertiary/aromatic N) is 2. The van der Waals surface area contributed by atoms with E-state index in [2.05, 4.69) is 10.5 Å². The zero-order valence-electron chi connectivity index (χ0n) is 21.7. The van der Waals surface area contributed by atoms with E-state index in [0.717, 1.165) is 4.90 Å². The molecule has 0 aliphatic carbocycles. The third-order valence-corrected chi connectivity index (χ3v) is 6.96. The van der Waals surface area contributed by atoms with Gasteiger partial charge in [0.2, 0.25) is 12.0 Å². The van der Waals surface area contributed by atoms with Crippen molar-refractivity contribution in [3.63, 3.8) is 0 Å². The highest BCUT2D eigenvalue weighted by molar-refractivity contribution is 8.00. The SMILES string of the molecule is CO/N=C(/C(=O)NC1C(=O)N2C(C(=O)OC(C)OC(=O)C(C)(C)OC)=C(COC(N)=O)CSC12)c1ccco1. The summed E-state index contributed by atoms with van der Waals surface area (Å²) in [6, 6.07) is 2.00. The van der Waals surface area contributed by atoms with Crippen LogP contribution in [0, 0.1) is 0 Å². The molecule has 0 radical (unpaired) electrons. The summed E-state index contributed by atoms with van der Waals surface area (Å²) in [6.45, 7) is 3.85. The molecule has 3 atom stereocenters. The predicted molar refractivity (Wildman–Crippen MR) is 133 cm³/mol. The zero-order valence-corrected chi connectivity index (χ0v) is 22.6. The minimum absolute atomic E-state index is 0.115. The number of nitrogens with one attached hydrogen (secondary N) is 1. The van der Waals surface area contributed by atoms with Crippen molar-refractivity contribution in [1.29, 1.82) is 0 Å². The van der Waals surface area contributed by atoms with Crippen LogP contribution in [0.15, 0.2) is 39.2 Å². The minimum atomic E-state index is -1.36. The molecular weight excluding hydrogens is 540 g/mol. The van der Waals surface area contributed by atoms with Crippen LogP contribution in [-0.4, -0.2) is 90.3 Å². The molecule has 1 saturated heterocycles. The number of oxime groups is 1. The lowest BCUT2D eigenvalue weighted by molar-refractivity contribution is -0.197. The van der Waals surface area contributed by atoms with Crippen LogP contribution in [0.4, 0.5) is 4.79 Å². The summed E-state index contributed by atoms with van der Waals surface area (Å²) in [6.07, 6.45) is -1.10.